The van der Waals surface area contributed by atoms with Crippen LogP contribution in [-0.4, -0.2) is 53.6 Å². The average molecular weight is 286 g/mol. The summed E-state index contributed by atoms with van der Waals surface area (Å²) in [7, 11) is 1.39. The van der Waals surface area contributed by atoms with Crippen molar-refractivity contribution in [1.82, 2.24) is 20.8 Å². The van der Waals surface area contributed by atoms with Gasteiger partial charge in [-0.1, -0.05) is 5.16 Å². The fourth-order valence-corrected chi connectivity index (χ4v) is 1.43. The molecule has 0 aliphatic carbocycles. The fraction of sp³-hybridized carbons (Fsp3) is 0.636. The number of methoxy groups -OCH3 is 1. The Morgan fingerprint density at radius 1 is 1.45 bits per heavy atom. The number of aliphatic carboxylic acids is 1. The molecule has 0 fully saturated rings. The summed E-state index contributed by atoms with van der Waals surface area (Å²) in [5.74, 6) is 0.0102. The standard InChI is InChI=1S/C11H18N4O5/c1-7-14-9(15-20-7)3-4-12-11(18)13-6-8(19-2)5-10(16)17/h8H,3-6H2,1-2H3,(H,16,17)(H2,12,13,18). The third-order valence-corrected chi connectivity index (χ3v) is 2.43. The zero-order valence-electron chi connectivity index (χ0n) is 11.4. The van der Waals surface area contributed by atoms with Crippen LogP contribution in [0, 0.1) is 6.92 Å². The van der Waals surface area contributed by atoms with E-state index in [0.29, 0.717) is 24.7 Å². The van der Waals surface area contributed by atoms with Crippen LogP contribution in [0.25, 0.3) is 0 Å². The van der Waals surface area contributed by atoms with Crippen molar-refractivity contribution in [2.75, 3.05) is 20.2 Å². The molecule has 0 spiro atoms. The van der Waals surface area contributed by atoms with Gasteiger partial charge in [-0.05, 0) is 0 Å². The maximum atomic E-state index is 11.5. The molecular weight excluding hydrogens is 268 g/mol. The number of nitrogens with one attached hydrogen (secondary N) is 2. The molecule has 1 aromatic rings. The van der Waals surface area contributed by atoms with Crippen LogP contribution in [0.15, 0.2) is 4.52 Å². The zero-order valence-corrected chi connectivity index (χ0v) is 11.4. The van der Waals surface area contributed by atoms with E-state index in [-0.39, 0.29) is 13.0 Å². The summed E-state index contributed by atoms with van der Waals surface area (Å²) in [4.78, 5) is 26.0. The van der Waals surface area contributed by atoms with Crippen LogP contribution >= 0.6 is 0 Å². The molecular formula is C11H18N4O5. The monoisotopic (exact) mass is 286 g/mol. The van der Waals surface area contributed by atoms with Gasteiger partial charge in [0, 0.05) is 33.5 Å². The van der Waals surface area contributed by atoms with Crippen LogP contribution in [-0.2, 0) is 16.0 Å². The summed E-state index contributed by atoms with van der Waals surface area (Å²) in [6.45, 7) is 2.15. The molecule has 9 heteroatoms. The van der Waals surface area contributed by atoms with Gasteiger partial charge >= 0.3 is 12.0 Å². The summed E-state index contributed by atoms with van der Waals surface area (Å²) in [5.41, 5.74) is 0. The number of nitrogens with zero attached hydrogens (tertiary/aromatic N) is 2. The van der Waals surface area contributed by atoms with Crippen LogP contribution in [0.5, 0.6) is 0 Å². The number of carboxylic acid groups (broad SMARTS) is 1. The molecule has 20 heavy (non-hydrogen) atoms. The van der Waals surface area contributed by atoms with E-state index in [9.17, 15) is 9.59 Å². The molecule has 0 bridgehead atoms. The quantitative estimate of drug-likeness (QED) is 0.599. The van der Waals surface area contributed by atoms with Crippen LogP contribution in [0.3, 0.4) is 0 Å². The Labute approximate surface area is 115 Å². The highest BCUT2D eigenvalue weighted by Gasteiger charge is 2.13. The first-order valence-corrected chi connectivity index (χ1v) is 6.06. The summed E-state index contributed by atoms with van der Waals surface area (Å²) in [6, 6.07) is -0.405. The predicted molar refractivity (Wildman–Crippen MR) is 67.2 cm³/mol. The minimum Gasteiger partial charge on any atom is -0.481 e. The third-order valence-electron chi connectivity index (χ3n) is 2.43. The maximum Gasteiger partial charge on any atom is 0.314 e. The lowest BCUT2D eigenvalue weighted by molar-refractivity contribution is -0.139. The van der Waals surface area contributed by atoms with Gasteiger partial charge in [0.1, 0.15) is 0 Å². The first-order chi connectivity index (χ1) is 9.51. The number of rotatable bonds is 8. The number of carboxylic acids is 1. The molecule has 1 rings (SSSR count). The maximum absolute atomic E-state index is 11.5. The van der Waals surface area contributed by atoms with E-state index >= 15 is 0 Å². The molecule has 112 valence electrons. The number of urea groups is 1. The molecule has 0 aromatic carbocycles. The van der Waals surface area contributed by atoms with E-state index < -0.39 is 18.1 Å². The van der Waals surface area contributed by atoms with Crippen LogP contribution in [0.1, 0.15) is 18.1 Å². The molecule has 0 saturated carbocycles. The third kappa shape index (κ3) is 6.14. The van der Waals surface area contributed by atoms with Gasteiger partial charge in [-0.2, -0.15) is 4.98 Å². The van der Waals surface area contributed by atoms with Gasteiger partial charge < -0.3 is 25.0 Å². The number of carbonyl (C=O) groups excluding carboxylic acids is 1. The van der Waals surface area contributed by atoms with Gasteiger partial charge in [-0.3, -0.25) is 4.79 Å². The van der Waals surface area contributed by atoms with Crippen molar-refractivity contribution in [3.05, 3.63) is 11.7 Å². The lowest BCUT2D eigenvalue weighted by Crippen LogP contribution is -2.41. The number of amides is 2. The Hall–Kier alpha value is -2.16. The summed E-state index contributed by atoms with van der Waals surface area (Å²) >= 11 is 0. The molecule has 1 unspecified atom stereocenters. The number of aromatic nitrogens is 2. The Balaban J connectivity index is 2.18. The van der Waals surface area contributed by atoms with Gasteiger partial charge in [0.2, 0.25) is 5.89 Å². The first kappa shape index (κ1) is 15.9. The molecule has 2 amide bonds. The smallest absolute Gasteiger partial charge is 0.314 e. The lowest BCUT2D eigenvalue weighted by Gasteiger charge is -2.14. The Morgan fingerprint density at radius 2 is 2.20 bits per heavy atom. The van der Waals surface area contributed by atoms with Gasteiger partial charge in [-0.25, -0.2) is 4.79 Å². The first-order valence-electron chi connectivity index (χ1n) is 6.06. The molecule has 1 aromatic heterocycles. The van der Waals surface area contributed by atoms with E-state index in [1.807, 2.05) is 0 Å². The number of hydrogen-bond acceptors (Lipinski definition) is 6. The Morgan fingerprint density at radius 3 is 2.75 bits per heavy atom. The normalized spacial score (nSPS) is 11.9. The lowest BCUT2D eigenvalue weighted by atomic mass is 10.2. The molecule has 1 atom stereocenters. The SMILES string of the molecule is COC(CNC(=O)NCCc1noc(C)n1)CC(=O)O. The van der Waals surface area contributed by atoms with Crippen LogP contribution < -0.4 is 10.6 Å². The second-order valence-electron chi connectivity index (χ2n) is 4.07. The van der Waals surface area contributed by atoms with Crippen molar-refractivity contribution in [3.63, 3.8) is 0 Å². The highest BCUT2D eigenvalue weighted by Crippen LogP contribution is 1.96. The summed E-state index contributed by atoms with van der Waals surface area (Å²) in [6.07, 6.45) is -0.273. The topological polar surface area (TPSA) is 127 Å². The molecule has 0 radical (unpaired) electrons. The van der Waals surface area contributed by atoms with E-state index in [2.05, 4.69) is 20.8 Å². The van der Waals surface area contributed by atoms with E-state index in [4.69, 9.17) is 14.4 Å². The van der Waals surface area contributed by atoms with E-state index in [0.717, 1.165) is 0 Å². The fourth-order valence-electron chi connectivity index (χ4n) is 1.43. The van der Waals surface area contributed by atoms with E-state index in [1.54, 1.807) is 6.92 Å². The summed E-state index contributed by atoms with van der Waals surface area (Å²) < 4.78 is 9.72. The minimum absolute atomic E-state index is 0.121. The van der Waals surface area contributed by atoms with E-state index in [1.165, 1.54) is 7.11 Å². The summed E-state index contributed by atoms with van der Waals surface area (Å²) in [5, 5.41) is 17.4. The predicted octanol–water partition coefficient (Wildman–Crippen LogP) is -0.291. The largest absolute Gasteiger partial charge is 0.481 e. The molecule has 9 nitrogen and oxygen atoms in total. The van der Waals surface area contributed by atoms with Crippen LogP contribution in [0.2, 0.25) is 0 Å². The van der Waals surface area contributed by atoms with Crippen molar-refractivity contribution in [1.29, 1.82) is 0 Å². The van der Waals surface area contributed by atoms with Gasteiger partial charge in [0.15, 0.2) is 5.82 Å². The van der Waals surface area contributed by atoms with Gasteiger partial charge in [0.05, 0.1) is 12.5 Å². The number of ether oxygens (including phenoxy) is 1. The molecule has 3 N–H and O–H groups in total. The molecule has 0 aliphatic heterocycles. The highest BCUT2D eigenvalue weighted by atomic mass is 16.5. The highest BCUT2D eigenvalue weighted by molar-refractivity contribution is 5.74. The molecule has 0 aliphatic rings. The Kier molecular flexibility index (Phi) is 6.44. The van der Waals surface area contributed by atoms with Crippen molar-refractivity contribution < 1.29 is 24.0 Å². The van der Waals surface area contributed by atoms with Gasteiger partial charge in [0.25, 0.3) is 0 Å². The zero-order chi connectivity index (χ0) is 15.0. The Bertz CT molecular complexity index is 448. The average Bonchev–Trinajstić information content (AvgIpc) is 2.80. The van der Waals surface area contributed by atoms with Crippen molar-refractivity contribution >= 4 is 12.0 Å². The minimum atomic E-state index is -0.980. The number of hydrogen-bond donors (Lipinski definition) is 3. The van der Waals surface area contributed by atoms with Crippen molar-refractivity contribution in [3.8, 4) is 0 Å². The van der Waals surface area contributed by atoms with Crippen molar-refractivity contribution in [2.24, 2.45) is 0 Å². The van der Waals surface area contributed by atoms with Gasteiger partial charge in [-0.15, -0.1) is 0 Å². The molecule has 0 saturated heterocycles. The second-order valence-corrected chi connectivity index (χ2v) is 4.07. The second kappa shape index (κ2) is 8.10. The molecule has 1 heterocycles. The number of carbonyl (C=O) groups is 2. The van der Waals surface area contributed by atoms with Crippen LogP contribution in [0.4, 0.5) is 4.79 Å². The van der Waals surface area contributed by atoms with Crippen molar-refractivity contribution in [2.45, 2.75) is 25.9 Å². The number of aryl methyl sites for hydroxylation is 1.